The van der Waals surface area contributed by atoms with Crippen LogP contribution in [0, 0.1) is 5.82 Å². The zero-order valence-electron chi connectivity index (χ0n) is 17.8. The van der Waals surface area contributed by atoms with Gasteiger partial charge >= 0.3 is 0 Å². The molecule has 6 nitrogen and oxygen atoms in total. The van der Waals surface area contributed by atoms with E-state index < -0.39 is 22.4 Å². The van der Waals surface area contributed by atoms with Gasteiger partial charge < -0.3 is 9.80 Å². The van der Waals surface area contributed by atoms with Crippen molar-refractivity contribution >= 4 is 38.9 Å². The number of benzene rings is 3. The van der Waals surface area contributed by atoms with Crippen LogP contribution in [0.2, 0.25) is 5.02 Å². The fourth-order valence-electron chi connectivity index (χ4n) is 3.78. The normalized spacial score (nSPS) is 14.2. The highest BCUT2D eigenvalue weighted by Crippen LogP contribution is 2.27. The second-order valence-corrected chi connectivity index (χ2v) is 9.92. The first-order valence-electron chi connectivity index (χ1n) is 10.5. The van der Waals surface area contributed by atoms with Crippen molar-refractivity contribution in [3.05, 3.63) is 89.7 Å². The molecule has 3 aromatic rings. The molecule has 1 saturated heterocycles. The Labute approximate surface area is 197 Å². The summed E-state index contributed by atoms with van der Waals surface area (Å²) in [5.41, 5.74) is 0.807. The van der Waals surface area contributed by atoms with Crippen LogP contribution in [0.3, 0.4) is 0 Å². The maximum Gasteiger partial charge on any atom is 0.264 e. The van der Waals surface area contributed by atoms with E-state index in [1.807, 2.05) is 18.2 Å². The summed E-state index contributed by atoms with van der Waals surface area (Å²) in [4.78, 5) is 16.8. The van der Waals surface area contributed by atoms with Gasteiger partial charge in [-0.1, -0.05) is 48.0 Å². The van der Waals surface area contributed by atoms with Crippen LogP contribution in [0.15, 0.2) is 83.8 Å². The number of nitrogens with zero attached hydrogens (tertiary/aromatic N) is 3. The van der Waals surface area contributed by atoms with E-state index in [1.54, 1.807) is 35.2 Å². The van der Waals surface area contributed by atoms with Crippen molar-refractivity contribution in [2.24, 2.45) is 0 Å². The average molecular weight is 488 g/mol. The van der Waals surface area contributed by atoms with Crippen LogP contribution < -0.4 is 9.21 Å². The predicted octanol–water partition coefficient (Wildman–Crippen LogP) is 4.02. The highest BCUT2D eigenvalue weighted by Gasteiger charge is 2.31. The lowest BCUT2D eigenvalue weighted by Gasteiger charge is -2.37. The lowest BCUT2D eigenvalue weighted by molar-refractivity contribution is -0.129. The Morgan fingerprint density at radius 3 is 2.24 bits per heavy atom. The maximum absolute atomic E-state index is 14.6. The largest absolute Gasteiger partial charge is 0.368 e. The molecule has 172 valence electrons. The van der Waals surface area contributed by atoms with Gasteiger partial charge in [-0.15, -0.1) is 0 Å². The van der Waals surface area contributed by atoms with Gasteiger partial charge in [0.2, 0.25) is 5.91 Å². The maximum atomic E-state index is 14.6. The molecule has 1 heterocycles. The summed E-state index contributed by atoms with van der Waals surface area (Å²) in [5, 5.41) is 0.637. The number of anilines is 2. The minimum absolute atomic E-state index is 0.00757. The molecule has 0 N–H and O–H groups in total. The quantitative estimate of drug-likeness (QED) is 0.527. The van der Waals surface area contributed by atoms with E-state index in [0.29, 0.717) is 31.2 Å². The van der Waals surface area contributed by atoms with E-state index in [0.717, 1.165) is 9.99 Å². The van der Waals surface area contributed by atoms with Crippen molar-refractivity contribution in [1.29, 1.82) is 0 Å². The van der Waals surface area contributed by atoms with Crippen LogP contribution in [0.4, 0.5) is 15.8 Å². The highest BCUT2D eigenvalue weighted by atomic mass is 35.5. The molecule has 0 aromatic heterocycles. The summed E-state index contributed by atoms with van der Waals surface area (Å²) >= 11 is 6.08. The van der Waals surface area contributed by atoms with Crippen molar-refractivity contribution in [2.75, 3.05) is 41.9 Å². The van der Waals surface area contributed by atoms with Crippen molar-refractivity contribution in [2.45, 2.75) is 4.90 Å². The molecule has 1 fully saturated rings. The molecule has 1 aliphatic rings. The van der Waals surface area contributed by atoms with Crippen molar-refractivity contribution < 1.29 is 17.6 Å². The number of halogens is 2. The fraction of sp³-hybridized carbons (Fsp3) is 0.208. The molecule has 0 aliphatic carbocycles. The fourth-order valence-corrected chi connectivity index (χ4v) is 5.41. The number of amides is 1. The van der Waals surface area contributed by atoms with Crippen molar-refractivity contribution in [3.63, 3.8) is 0 Å². The summed E-state index contributed by atoms with van der Waals surface area (Å²) in [6.45, 7) is 1.51. The number of hydrogen-bond acceptors (Lipinski definition) is 4. The Morgan fingerprint density at radius 2 is 1.58 bits per heavy atom. The second-order valence-electron chi connectivity index (χ2n) is 7.62. The number of rotatable bonds is 6. The Morgan fingerprint density at radius 1 is 0.909 bits per heavy atom. The molecular weight excluding hydrogens is 465 g/mol. The molecule has 9 heteroatoms. The number of para-hydroxylation sites is 1. The van der Waals surface area contributed by atoms with Gasteiger partial charge in [0, 0.05) is 36.9 Å². The van der Waals surface area contributed by atoms with Gasteiger partial charge in [-0.05, 0) is 42.5 Å². The van der Waals surface area contributed by atoms with E-state index >= 15 is 0 Å². The van der Waals surface area contributed by atoms with E-state index in [4.69, 9.17) is 11.6 Å². The monoisotopic (exact) mass is 487 g/mol. The van der Waals surface area contributed by atoms with Gasteiger partial charge in [0.15, 0.2) is 0 Å². The number of sulfonamides is 1. The van der Waals surface area contributed by atoms with Crippen LogP contribution in [0.25, 0.3) is 0 Å². The minimum atomic E-state index is -4.15. The molecule has 1 amide bonds. The lowest BCUT2D eigenvalue weighted by Crippen LogP contribution is -2.52. The standard InChI is InChI=1S/C24H23ClFN3O3S/c25-19-7-6-8-20(17-19)27-13-15-28(16-14-27)24(30)18-29(23-12-5-4-11-22(23)26)33(31,32)21-9-2-1-3-10-21/h1-12,17H,13-16,18H2. The Kier molecular flexibility index (Phi) is 6.85. The Balaban J connectivity index is 1.53. The summed E-state index contributed by atoms with van der Waals surface area (Å²) < 4.78 is 42.1. The van der Waals surface area contributed by atoms with Crippen molar-refractivity contribution in [1.82, 2.24) is 4.90 Å². The van der Waals surface area contributed by atoms with Crippen molar-refractivity contribution in [3.8, 4) is 0 Å². The zero-order chi connectivity index (χ0) is 23.4. The minimum Gasteiger partial charge on any atom is -0.368 e. The number of piperazine rings is 1. The van der Waals surface area contributed by atoms with Crippen LogP contribution in [0.5, 0.6) is 0 Å². The number of hydrogen-bond donors (Lipinski definition) is 0. The Hall–Kier alpha value is -3.10. The molecular formula is C24H23ClFN3O3S. The topological polar surface area (TPSA) is 60.9 Å². The first-order chi connectivity index (χ1) is 15.9. The summed E-state index contributed by atoms with van der Waals surface area (Å²) in [6, 6.07) is 20.8. The molecule has 4 rings (SSSR count). The number of carbonyl (C=O) groups excluding carboxylic acids is 1. The van der Waals surface area contributed by atoms with Gasteiger partial charge in [0.05, 0.1) is 10.6 Å². The van der Waals surface area contributed by atoms with Gasteiger partial charge in [-0.25, -0.2) is 12.8 Å². The molecule has 0 atom stereocenters. The molecule has 0 saturated carbocycles. The molecule has 0 radical (unpaired) electrons. The third-order valence-corrected chi connectivity index (χ3v) is 7.55. The second kappa shape index (κ2) is 9.80. The van der Waals surface area contributed by atoms with Gasteiger partial charge in [0.1, 0.15) is 12.4 Å². The van der Waals surface area contributed by atoms with E-state index in [1.165, 1.54) is 30.3 Å². The summed E-state index contributed by atoms with van der Waals surface area (Å²) in [5.74, 6) is -1.10. The summed E-state index contributed by atoms with van der Waals surface area (Å²) in [7, 11) is -4.15. The van der Waals surface area contributed by atoms with E-state index in [9.17, 15) is 17.6 Å². The third-order valence-electron chi connectivity index (χ3n) is 5.54. The van der Waals surface area contributed by atoms with Crippen LogP contribution in [0.1, 0.15) is 0 Å². The molecule has 0 spiro atoms. The zero-order valence-corrected chi connectivity index (χ0v) is 19.3. The first kappa shape index (κ1) is 23.1. The molecule has 0 unspecified atom stereocenters. The van der Waals surface area contributed by atoms with Gasteiger partial charge in [0.25, 0.3) is 10.0 Å². The molecule has 3 aromatic carbocycles. The van der Waals surface area contributed by atoms with E-state index in [2.05, 4.69) is 4.90 Å². The van der Waals surface area contributed by atoms with Crippen LogP contribution >= 0.6 is 11.6 Å². The molecule has 33 heavy (non-hydrogen) atoms. The van der Waals surface area contributed by atoms with Crippen LogP contribution in [-0.2, 0) is 14.8 Å². The van der Waals surface area contributed by atoms with E-state index in [-0.39, 0.29) is 16.5 Å². The van der Waals surface area contributed by atoms with Gasteiger partial charge in [-0.3, -0.25) is 9.10 Å². The highest BCUT2D eigenvalue weighted by molar-refractivity contribution is 7.92. The Bertz CT molecular complexity index is 1230. The average Bonchev–Trinajstić information content (AvgIpc) is 2.83. The summed E-state index contributed by atoms with van der Waals surface area (Å²) in [6.07, 6.45) is 0. The van der Waals surface area contributed by atoms with Gasteiger partial charge in [-0.2, -0.15) is 0 Å². The lowest BCUT2D eigenvalue weighted by atomic mass is 10.2. The third kappa shape index (κ3) is 5.12. The number of carbonyl (C=O) groups is 1. The molecule has 1 aliphatic heterocycles. The predicted molar refractivity (Wildman–Crippen MR) is 128 cm³/mol. The first-order valence-corrected chi connectivity index (χ1v) is 12.3. The SMILES string of the molecule is O=C(CN(c1ccccc1F)S(=O)(=O)c1ccccc1)N1CCN(c2cccc(Cl)c2)CC1. The van der Waals surface area contributed by atoms with Crippen LogP contribution in [-0.4, -0.2) is 51.9 Å². The smallest absolute Gasteiger partial charge is 0.264 e. The molecule has 0 bridgehead atoms.